The highest BCUT2D eigenvalue weighted by Gasteiger charge is 2.16. The van der Waals surface area contributed by atoms with Crippen LogP contribution in [0.2, 0.25) is 5.02 Å². The van der Waals surface area contributed by atoms with Crippen LogP contribution in [0, 0.1) is 11.3 Å². The number of ether oxygens (including phenoxy) is 1. The minimum atomic E-state index is 0.0896. The Kier molecular flexibility index (Phi) is 3.35. The fraction of sp³-hybridized carbons (Fsp3) is 0. The Morgan fingerprint density at radius 3 is 2.76 bits per heavy atom. The first-order valence-corrected chi connectivity index (χ1v) is 6.45. The lowest BCUT2D eigenvalue weighted by Gasteiger charge is -2.05. The molecule has 0 atom stereocenters. The standard InChI is InChI=1S/C16H8ClNO3/c17-13-7-11(6-5-10(13)9-19)20-16-12-3-1-2-4-14(12)21-15(16)8-18/h1-7,9H. The van der Waals surface area contributed by atoms with E-state index in [4.69, 9.17) is 26.0 Å². The number of hydrogen-bond donors (Lipinski definition) is 0. The molecule has 0 fully saturated rings. The topological polar surface area (TPSA) is 63.2 Å². The number of nitrogens with zero attached hydrogens (tertiary/aromatic N) is 1. The normalized spacial score (nSPS) is 10.3. The molecule has 5 heteroatoms. The second-order valence-corrected chi connectivity index (χ2v) is 4.68. The van der Waals surface area contributed by atoms with Crippen LogP contribution in [0.1, 0.15) is 16.1 Å². The van der Waals surface area contributed by atoms with Crippen LogP contribution < -0.4 is 4.74 Å². The van der Waals surface area contributed by atoms with Gasteiger partial charge in [-0.15, -0.1) is 0 Å². The van der Waals surface area contributed by atoms with Gasteiger partial charge >= 0.3 is 0 Å². The minimum Gasteiger partial charge on any atom is -0.452 e. The lowest BCUT2D eigenvalue weighted by molar-refractivity contribution is 0.112. The fourth-order valence-corrected chi connectivity index (χ4v) is 2.20. The molecular weight excluding hydrogens is 290 g/mol. The number of para-hydroxylation sites is 1. The quantitative estimate of drug-likeness (QED) is 0.665. The largest absolute Gasteiger partial charge is 0.452 e. The smallest absolute Gasteiger partial charge is 0.247 e. The van der Waals surface area contributed by atoms with Crippen molar-refractivity contribution in [1.29, 1.82) is 5.26 Å². The van der Waals surface area contributed by atoms with Gasteiger partial charge in [-0.3, -0.25) is 4.79 Å². The van der Waals surface area contributed by atoms with Crippen LogP contribution >= 0.6 is 11.6 Å². The first-order chi connectivity index (χ1) is 10.2. The second-order valence-electron chi connectivity index (χ2n) is 4.27. The van der Waals surface area contributed by atoms with Gasteiger partial charge in [-0.05, 0) is 24.3 Å². The molecule has 0 aliphatic rings. The van der Waals surface area contributed by atoms with E-state index in [9.17, 15) is 4.79 Å². The monoisotopic (exact) mass is 297 g/mol. The molecule has 0 amide bonds. The van der Waals surface area contributed by atoms with Crippen molar-refractivity contribution >= 4 is 28.9 Å². The average molecular weight is 298 g/mol. The van der Waals surface area contributed by atoms with Crippen LogP contribution in [0.25, 0.3) is 11.0 Å². The maximum absolute atomic E-state index is 10.7. The van der Waals surface area contributed by atoms with E-state index in [2.05, 4.69) is 0 Å². The molecule has 0 saturated heterocycles. The molecule has 1 heterocycles. The van der Waals surface area contributed by atoms with Crippen molar-refractivity contribution in [3.05, 3.63) is 58.8 Å². The van der Waals surface area contributed by atoms with E-state index >= 15 is 0 Å². The highest BCUT2D eigenvalue weighted by Crippen LogP contribution is 2.36. The van der Waals surface area contributed by atoms with Crippen LogP contribution in [0.4, 0.5) is 0 Å². The second kappa shape index (κ2) is 5.31. The summed E-state index contributed by atoms with van der Waals surface area (Å²) in [5.41, 5.74) is 0.946. The Balaban J connectivity index is 2.07. The molecule has 102 valence electrons. The molecular formula is C16H8ClNO3. The van der Waals surface area contributed by atoms with Crippen molar-refractivity contribution in [2.75, 3.05) is 0 Å². The molecule has 0 N–H and O–H groups in total. The van der Waals surface area contributed by atoms with Gasteiger partial charge in [-0.1, -0.05) is 23.7 Å². The molecule has 0 unspecified atom stereocenters. The molecule has 0 aliphatic carbocycles. The van der Waals surface area contributed by atoms with Gasteiger partial charge in [-0.25, -0.2) is 0 Å². The summed E-state index contributed by atoms with van der Waals surface area (Å²) in [4.78, 5) is 10.7. The van der Waals surface area contributed by atoms with Gasteiger partial charge in [0.25, 0.3) is 0 Å². The highest BCUT2D eigenvalue weighted by molar-refractivity contribution is 6.33. The maximum Gasteiger partial charge on any atom is 0.247 e. The van der Waals surface area contributed by atoms with Gasteiger partial charge in [-0.2, -0.15) is 5.26 Å². The Morgan fingerprint density at radius 2 is 2.05 bits per heavy atom. The summed E-state index contributed by atoms with van der Waals surface area (Å²) in [6.07, 6.45) is 0.667. The fourth-order valence-electron chi connectivity index (χ4n) is 1.98. The van der Waals surface area contributed by atoms with E-state index in [0.717, 1.165) is 0 Å². The number of rotatable bonds is 3. The van der Waals surface area contributed by atoms with Crippen LogP contribution in [0.15, 0.2) is 46.9 Å². The number of carbonyl (C=O) groups is 1. The first kappa shape index (κ1) is 13.2. The zero-order valence-electron chi connectivity index (χ0n) is 10.7. The number of halogens is 1. The number of fused-ring (bicyclic) bond motifs is 1. The Hall–Kier alpha value is -2.77. The van der Waals surface area contributed by atoms with E-state index in [1.807, 2.05) is 18.2 Å². The summed E-state index contributed by atoms with van der Waals surface area (Å²) in [6.45, 7) is 0. The SMILES string of the molecule is N#Cc1oc2ccccc2c1Oc1ccc(C=O)c(Cl)c1. The van der Waals surface area contributed by atoms with E-state index in [1.54, 1.807) is 24.3 Å². The van der Waals surface area contributed by atoms with Crippen molar-refractivity contribution in [3.63, 3.8) is 0 Å². The summed E-state index contributed by atoms with van der Waals surface area (Å²) in [7, 11) is 0. The molecule has 3 aromatic rings. The predicted octanol–water partition coefficient (Wildman–Crippen LogP) is 4.56. The highest BCUT2D eigenvalue weighted by atomic mass is 35.5. The molecule has 21 heavy (non-hydrogen) atoms. The van der Waals surface area contributed by atoms with Crippen molar-refractivity contribution in [2.45, 2.75) is 0 Å². The number of hydrogen-bond acceptors (Lipinski definition) is 4. The third-order valence-electron chi connectivity index (χ3n) is 2.97. The molecule has 1 aromatic heterocycles. The average Bonchev–Trinajstić information content (AvgIpc) is 2.86. The number of nitriles is 1. The van der Waals surface area contributed by atoms with Crippen molar-refractivity contribution in [2.24, 2.45) is 0 Å². The van der Waals surface area contributed by atoms with Crippen molar-refractivity contribution in [3.8, 4) is 17.6 Å². The molecule has 0 bridgehead atoms. The van der Waals surface area contributed by atoms with Crippen LogP contribution in [0.5, 0.6) is 11.5 Å². The zero-order valence-corrected chi connectivity index (χ0v) is 11.4. The lowest BCUT2D eigenvalue weighted by Crippen LogP contribution is -1.88. The van der Waals surface area contributed by atoms with Crippen LogP contribution in [-0.2, 0) is 0 Å². The number of aldehydes is 1. The summed E-state index contributed by atoms with van der Waals surface area (Å²) >= 11 is 5.96. The molecule has 0 saturated carbocycles. The Morgan fingerprint density at radius 1 is 1.24 bits per heavy atom. The molecule has 3 rings (SSSR count). The van der Waals surface area contributed by atoms with Gasteiger partial charge in [0.05, 0.1) is 10.4 Å². The summed E-state index contributed by atoms with van der Waals surface area (Å²) in [5, 5.41) is 10.1. The van der Waals surface area contributed by atoms with Gasteiger partial charge in [0, 0.05) is 11.6 Å². The van der Waals surface area contributed by atoms with Gasteiger partial charge in [0.15, 0.2) is 12.0 Å². The summed E-state index contributed by atoms with van der Waals surface area (Å²) in [6, 6.07) is 13.8. The third kappa shape index (κ3) is 2.35. The lowest BCUT2D eigenvalue weighted by atomic mass is 10.2. The molecule has 0 aliphatic heterocycles. The van der Waals surface area contributed by atoms with Crippen LogP contribution in [0.3, 0.4) is 0 Å². The first-order valence-electron chi connectivity index (χ1n) is 6.07. The Bertz CT molecular complexity index is 877. The van der Waals surface area contributed by atoms with E-state index < -0.39 is 0 Å². The van der Waals surface area contributed by atoms with Gasteiger partial charge < -0.3 is 9.15 Å². The Labute approximate surface area is 125 Å². The molecule has 4 nitrogen and oxygen atoms in total. The van der Waals surface area contributed by atoms with E-state index in [1.165, 1.54) is 6.07 Å². The van der Waals surface area contributed by atoms with Gasteiger partial charge in [0.1, 0.15) is 17.4 Å². The predicted molar refractivity (Wildman–Crippen MR) is 77.8 cm³/mol. The molecule has 0 radical (unpaired) electrons. The maximum atomic E-state index is 10.7. The molecule has 2 aromatic carbocycles. The van der Waals surface area contributed by atoms with Gasteiger partial charge in [0.2, 0.25) is 5.76 Å². The zero-order chi connectivity index (χ0) is 14.8. The number of benzene rings is 2. The molecule has 0 spiro atoms. The van der Waals surface area contributed by atoms with E-state index in [0.29, 0.717) is 34.3 Å². The number of carbonyl (C=O) groups excluding carboxylic acids is 1. The third-order valence-corrected chi connectivity index (χ3v) is 3.30. The summed E-state index contributed by atoms with van der Waals surface area (Å²) in [5.74, 6) is 0.850. The minimum absolute atomic E-state index is 0.0896. The van der Waals surface area contributed by atoms with Crippen LogP contribution in [-0.4, -0.2) is 6.29 Å². The van der Waals surface area contributed by atoms with Crippen molar-refractivity contribution in [1.82, 2.24) is 0 Å². The van der Waals surface area contributed by atoms with Crippen molar-refractivity contribution < 1.29 is 13.9 Å². The van der Waals surface area contributed by atoms with E-state index in [-0.39, 0.29) is 10.8 Å². The number of furan rings is 1. The summed E-state index contributed by atoms with van der Waals surface area (Å²) < 4.78 is 11.1.